The molecular formula is C14H16N4. The van der Waals surface area contributed by atoms with Gasteiger partial charge in [0, 0.05) is 18.3 Å². The van der Waals surface area contributed by atoms with Crippen LogP contribution in [0.25, 0.3) is 11.0 Å². The van der Waals surface area contributed by atoms with Gasteiger partial charge in [0.25, 0.3) is 0 Å². The number of aromatic amines is 1. The molecule has 2 unspecified atom stereocenters. The first-order valence-electron chi connectivity index (χ1n) is 6.37. The number of rotatable bonds is 1. The van der Waals surface area contributed by atoms with E-state index in [1.807, 2.05) is 12.1 Å². The van der Waals surface area contributed by atoms with Crippen LogP contribution in [0.5, 0.6) is 0 Å². The van der Waals surface area contributed by atoms with Gasteiger partial charge in [0.1, 0.15) is 23.0 Å². The molecule has 0 radical (unpaired) electrons. The Morgan fingerprint density at radius 3 is 2.78 bits per heavy atom. The number of nitrogens with zero attached hydrogens (tertiary/aromatic N) is 3. The maximum Gasteiger partial charge on any atom is 0.127 e. The summed E-state index contributed by atoms with van der Waals surface area (Å²) in [6, 6.07) is 7.11. The van der Waals surface area contributed by atoms with E-state index >= 15 is 0 Å². The van der Waals surface area contributed by atoms with Gasteiger partial charge in [-0.3, -0.25) is 4.98 Å². The van der Waals surface area contributed by atoms with Crippen LogP contribution >= 0.6 is 0 Å². The summed E-state index contributed by atoms with van der Waals surface area (Å²) in [5.74, 6) is 0.934. The molecule has 0 aromatic carbocycles. The van der Waals surface area contributed by atoms with E-state index in [0.717, 1.165) is 16.9 Å². The summed E-state index contributed by atoms with van der Waals surface area (Å²) in [5.41, 5.74) is 2.39. The lowest BCUT2D eigenvalue weighted by Crippen LogP contribution is -2.33. The minimum atomic E-state index is 0.472. The number of anilines is 1. The van der Waals surface area contributed by atoms with Gasteiger partial charge in [-0.1, -0.05) is 0 Å². The fourth-order valence-electron chi connectivity index (χ4n) is 2.94. The van der Waals surface area contributed by atoms with Crippen LogP contribution in [-0.2, 0) is 0 Å². The maximum atomic E-state index is 9.40. The van der Waals surface area contributed by atoms with Crippen LogP contribution in [-0.4, -0.2) is 22.1 Å². The summed E-state index contributed by atoms with van der Waals surface area (Å²) >= 11 is 0. The maximum absolute atomic E-state index is 9.40. The van der Waals surface area contributed by atoms with Gasteiger partial charge in [0.15, 0.2) is 0 Å². The van der Waals surface area contributed by atoms with Gasteiger partial charge in [-0.15, -0.1) is 0 Å². The molecule has 2 aromatic heterocycles. The van der Waals surface area contributed by atoms with E-state index in [1.165, 1.54) is 12.8 Å². The van der Waals surface area contributed by atoms with Crippen molar-refractivity contribution in [1.29, 1.82) is 5.26 Å². The average molecular weight is 240 g/mol. The summed E-state index contributed by atoms with van der Waals surface area (Å²) in [5, 5.41) is 9.40. The summed E-state index contributed by atoms with van der Waals surface area (Å²) in [4.78, 5) is 9.99. The minimum Gasteiger partial charge on any atom is -0.352 e. The predicted octanol–water partition coefficient (Wildman–Crippen LogP) is 2.81. The number of hydrogen-bond donors (Lipinski definition) is 1. The summed E-state index contributed by atoms with van der Waals surface area (Å²) in [6.07, 6.45) is 4.08. The molecule has 2 aromatic rings. The van der Waals surface area contributed by atoms with Crippen LogP contribution in [0.1, 0.15) is 32.3 Å². The van der Waals surface area contributed by atoms with Gasteiger partial charge in [-0.2, -0.15) is 5.26 Å². The zero-order valence-electron chi connectivity index (χ0n) is 10.6. The molecule has 1 aliphatic rings. The Balaban J connectivity index is 2.20. The fraction of sp³-hybridized carbons (Fsp3) is 0.429. The molecule has 0 bridgehead atoms. The van der Waals surface area contributed by atoms with Gasteiger partial charge < -0.3 is 9.88 Å². The largest absolute Gasteiger partial charge is 0.352 e. The van der Waals surface area contributed by atoms with Crippen molar-refractivity contribution in [2.75, 3.05) is 4.90 Å². The second-order valence-corrected chi connectivity index (χ2v) is 5.04. The van der Waals surface area contributed by atoms with Crippen LogP contribution in [0.15, 0.2) is 18.3 Å². The normalized spacial score (nSPS) is 23.5. The molecule has 3 rings (SSSR count). The second kappa shape index (κ2) is 4.02. The van der Waals surface area contributed by atoms with E-state index in [4.69, 9.17) is 0 Å². The standard InChI is InChI=1S/C14H16N4/c1-9-5-6-10(2)18(9)14-11(8-15)13-12(17-14)4-3-7-16-13/h3-4,7,9-10,17H,5-6H2,1-2H3. The van der Waals surface area contributed by atoms with Gasteiger partial charge in [0.2, 0.25) is 0 Å². The topological polar surface area (TPSA) is 55.7 Å². The van der Waals surface area contributed by atoms with Gasteiger partial charge in [-0.25, -0.2) is 0 Å². The number of H-pyrrole nitrogens is 1. The van der Waals surface area contributed by atoms with E-state index in [1.54, 1.807) is 6.20 Å². The predicted molar refractivity (Wildman–Crippen MR) is 71.4 cm³/mol. The van der Waals surface area contributed by atoms with Crippen molar-refractivity contribution in [3.8, 4) is 6.07 Å². The van der Waals surface area contributed by atoms with Gasteiger partial charge in [0.05, 0.1) is 5.52 Å². The van der Waals surface area contributed by atoms with E-state index in [2.05, 4.69) is 34.8 Å². The zero-order chi connectivity index (χ0) is 12.7. The Morgan fingerprint density at radius 1 is 1.39 bits per heavy atom. The quantitative estimate of drug-likeness (QED) is 0.833. The third-order valence-electron chi connectivity index (χ3n) is 3.86. The molecule has 0 spiro atoms. The van der Waals surface area contributed by atoms with Crippen molar-refractivity contribution < 1.29 is 0 Å². The highest BCUT2D eigenvalue weighted by atomic mass is 15.3. The van der Waals surface area contributed by atoms with Crippen molar-refractivity contribution >= 4 is 16.9 Å². The Kier molecular flexibility index (Phi) is 2.48. The SMILES string of the molecule is CC1CCC(C)N1c1[nH]c2cccnc2c1C#N. The number of nitriles is 1. The van der Waals surface area contributed by atoms with Crippen molar-refractivity contribution in [3.63, 3.8) is 0 Å². The average Bonchev–Trinajstić information content (AvgIpc) is 2.89. The number of fused-ring (bicyclic) bond motifs is 1. The summed E-state index contributed by atoms with van der Waals surface area (Å²) < 4.78 is 0. The molecule has 1 saturated heterocycles. The highest BCUT2D eigenvalue weighted by Gasteiger charge is 2.31. The Morgan fingerprint density at radius 2 is 2.11 bits per heavy atom. The first-order valence-corrected chi connectivity index (χ1v) is 6.37. The Labute approximate surface area is 106 Å². The molecule has 2 atom stereocenters. The van der Waals surface area contributed by atoms with Crippen LogP contribution in [0.4, 0.5) is 5.82 Å². The van der Waals surface area contributed by atoms with E-state index in [9.17, 15) is 5.26 Å². The first kappa shape index (κ1) is 11.1. The minimum absolute atomic E-state index is 0.472. The van der Waals surface area contributed by atoms with Crippen molar-refractivity contribution in [1.82, 2.24) is 9.97 Å². The van der Waals surface area contributed by atoms with Crippen LogP contribution in [0.2, 0.25) is 0 Å². The van der Waals surface area contributed by atoms with Gasteiger partial charge in [-0.05, 0) is 38.8 Å². The van der Waals surface area contributed by atoms with E-state index < -0.39 is 0 Å². The molecule has 4 nitrogen and oxygen atoms in total. The Hall–Kier alpha value is -2.02. The van der Waals surface area contributed by atoms with Crippen molar-refractivity contribution in [3.05, 3.63) is 23.9 Å². The molecule has 4 heteroatoms. The lowest BCUT2D eigenvalue weighted by atomic mass is 10.2. The first-order chi connectivity index (χ1) is 8.72. The molecule has 0 aliphatic carbocycles. The number of pyridine rings is 1. The number of nitrogens with one attached hydrogen (secondary N) is 1. The van der Waals surface area contributed by atoms with E-state index in [0.29, 0.717) is 17.6 Å². The van der Waals surface area contributed by atoms with Crippen molar-refractivity contribution in [2.24, 2.45) is 0 Å². The van der Waals surface area contributed by atoms with Crippen molar-refractivity contribution in [2.45, 2.75) is 38.8 Å². The third kappa shape index (κ3) is 1.47. The zero-order valence-corrected chi connectivity index (χ0v) is 10.6. The molecular weight excluding hydrogens is 224 g/mol. The molecule has 1 N–H and O–H groups in total. The molecule has 1 aliphatic heterocycles. The molecule has 0 amide bonds. The highest BCUT2D eigenvalue weighted by Crippen LogP contribution is 2.34. The Bertz CT molecular complexity index is 612. The fourth-order valence-corrected chi connectivity index (χ4v) is 2.94. The summed E-state index contributed by atoms with van der Waals surface area (Å²) in [6.45, 7) is 4.42. The second-order valence-electron chi connectivity index (χ2n) is 5.04. The lowest BCUT2D eigenvalue weighted by molar-refractivity contribution is 0.685. The third-order valence-corrected chi connectivity index (χ3v) is 3.86. The number of aromatic nitrogens is 2. The van der Waals surface area contributed by atoms with E-state index in [-0.39, 0.29) is 0 Å². The van der Waals surface area contributed by atoms with Crippen LogP contribution < -0.4 is 4.90 Å². The lowest BCUT2D eigenvalue weighted by Gasteiger charge is -2.27. The highest BCUT2D eigenvalue weighted by molar-refractivity contribution is 5.88. The molecule has 1 fully saturated rings. The molecule has 3 heterocycles. The summed E-state index contributed by atoms with van der Waals surface area (Å²) in [7, 11) is 0. The molecule has 18 heavy (non-hydrogen) atoms. The smallest absolute Gasteiger partial charge is 0.127 e. The molecule has 0 saturated carbocycles. The number of hydrogen-bond acceptors (Lipinski definition) is 3. The van der Waals surface area contributed by atoms with Crippen LogP contribution in [0, 0.1) is 11.3 Å². The van der Waals surface area contributed by atoms with Gasteiger partial charge >= 0.3 is 0 Å². The monoisotopic (exact) mass is 240 g/mol. The molecule has 92 valence electrons. The van der Waals surface area contributed by atoms with Crippen LogP contribution in [0.3, 0.4) is 0 Å².